The molecule has 32 heavy (non-hydrogen) atoms. The third-order valence-corrected chi connectivity index (χ3v) is 8.64. The first kappa shape index (κ1) is 24.3. The number of anilines is 2. The molecule has 0 unspecified atom stereocenters. The molecule has 1 aliphatic rings. The molecule has 2 amide bonds. The van der Waals surface area contributed by atoms with Crippen LogP contribution in [0.2, 0.25) is 0 Å². The summed E-state index contributed by atoms with van der Waals surface area (Å²) in [7, 11) is -3.69. The Hall–Kier alpha value is -2.36. The molecule has 0 atom stereocenters. The normalized spacial score (nSPS) is 14.3. The Bertz CT molecular complexity index is 1130. The summed E-state index contributed by atoms with van der Waals surface area (Å²) in [6, 6.07) is 10.5. The van der Waals surface area contributed by atoms with Gasteiger partial charge in [0, 0.05) is 35.8 Å². The number of carbonyl (C=O) groups excluding carboxylic acids is 2. The maximum Gasteiger partial charge on any atom is 0.244 e. The molecule has 2 aromatic carbocycles. The summed E-state index contributed by atoms with van der Waals surface area (Å²) in [5.74, 6) is 0.0313. The predicted molar refractivity (Wildman–Crippen MR) is 129 cm³/mol. The highest BCUT2D eigenvalue weighted by atomic mass is 32.2. The number of thioether (sulfide) groups is 1. The van der Waals surface area contributed by atoms with E-state index in [1.165, 1.54) is 27.0 Å². The summed E-state index contributed by atoms with van der Waals surface area (Å²) in [6.45, 7) is 8.05. The van der Waals surface area contributed by atoms with Crippen molar-refractivity contribution in [3.8, 4) is 0 Å². The van der Waals surface area contributed by atoms with Crippen molar-refractivity contribution in [1.82, 2.24) is 4.31 Å². The van der Waals surface area contributed by atoms with Gasteiger partial charge in [-0.15, -0.1) is 11.8 Å². The lowest BCUT2D eigenvalue weighted by Gasteiger charge is -2.24. The summed E-state index contributed by atoms with van der Waals surface area (Å²) in [5, 5.41) is 2.84. The molecule has 0 fully saturated rings. The van der Waals surface area contributed by atoms with E-state index in [9.17, 15) is 18.0 Å². The second kappa shape index (κ2) is 10.1. The molecule has 172 valence electrons. The fourth-order valence-electron chi connectivity index (χ4n) is 3.56. The van der Waals surface area contributed by atoms with E-state index < -0.39 is 10.0 Å². The van der Waals surface area contributed by atoms with Crippen LogP contribution >= 0.6 is 11.8 Å². The fraction of sp³-hybridized carbons (Fsp3) is 0.391. The van der Waals surface area contributed by atoms with Crippen molar-refractivity contribution >= 4 is 45.0 Å². The van der Waals surface area contributed by atoms with Gasteiger partial charge in [-0.3, -0.25) is 9.59 Å². The van der Waals surface area contributed by atoms with Gasteiger partial charge in [0.2, 0.25) is 21.8 Å². The molecule has 2 aromatic rings. The molecule has 0 saturated carbocycles. The van der Waals surface area contributed by atoms with Gasteiger partial charge in [-0.25, -0.2) is 8.42 Å². The highest BCUT2D eigenvalue weighted by Crippen LogP contribution is 2.36. The number of nitrogens with one attached hydrogen (secondary N) is 1. The van der Waals surface area contributed by atoms with Crippen molar-refractivity contribution in [1.29, 1.82) is 0 Å². The molecule has 0 aromatic heterocycles. The third-order valence-electron chi connectivity index (χ3n) is 5.53. The second-order valence-corrected chi connectivity index (χ2v) is 10.7. The van der Waals surface area contributed by atoms with E-state index in [0.29, 0.717) is 30.2 Å². The smallest absolute Gasteiger partial charge is 0.244 e. The minimum absolute atomic E-state index is 0.120. The molecule has 9 heteroatoms. The van der Waals surface area contributed by atoms with E-state index in [0.717, 1.165) is 16.0 Å². The first-order valence-corrected chi connectivity index (χ1v) is 13.0. The lowest BCUT2D eigenvalue weighted by molar-refractivity contribution is -0.121. The maximum atomic E-state index is 13.0. The summed E-state index contributed by atoms with van der Waals surface area (Å²) in [6.07, 6.45) is 0.272. The van der Waals surface area contributed by atoms with Crippen LogP contribution in [0.1, 0.15) is 31.4 Å². The minimum Gasteiger partial charge on any atom is -0.325 e. The van der Waals surface area contributed by atoms with Gasteiger partial charge in [-0.05, 0) is 55.3 Å². The number of hydrogen-bond acceptors (Lipinski definition) is 5. The standard InChI is InChI=1S/C23H29N3O4S2/c1-5-25(6-2)32(29,30)19-9-10-21-20(14-19)26(23(28)11-12-31-21)15-22(27)24-18-8-7-16(3)17(4)13-18/h7-10,13-14H,5-6,11-12,15H2,1-4H3,(H,24,27). The molecular weight excluding hydrogens is 446 g/mol. The number of sulfonamides is 1. The van der Waals surface area contributed by atoms with Gasteiger partial charge in [-0.2, -0.15) is 4.31 Å². The average molecular weight is 476 g/mol. The molecular formula is C23H29N3O4S2. The molecule has 1 aliphatic heterocycles. The maximum absolute atomic E-state index is 13.0. The van der Waals surface area contributed by atoms with Gasteiger partial charge < -0.3 is 10.2 Å². The molecule has 1 heterocycles. The van der Waals surface area contributed by atoms with E-state index in [2.05, 4.69) is 5.32 Å². The van der Waals surface area contributed by atoms with Crippen LogP contribution in [0.15, 0.2) is 46.2 Å². The Kier molecular flexibility index (Phi) is 7.63. The lowest BCUT2D eigenvalue weighted by Crippen LogP contribution is -2.38. The average Bonchev–Trinajstić information content (AvgIpc) is 2.90. The van der Waals surface area contributed by atoms with E-state index in [4.69, 9.17) is 0 Å². The highest BCUT2D eigenvalue weighted by molar-refractivity contribution is 7.99. The van der Waals surface area contributed by atoms with Crippen LogP contribution in [0.4, 0.5) is 11.4 Å². The predicted octanol–water partition coefficient (Wildman–Crippen LogP) is 3.80. The zero-order valence-corrected chi connectivity index (χ0v) is 20.5. The number of fused-ring (bicyclic) bond motifs is 1. The Balaban J connectivity index is 1.92. The van der Waals surface area contributed by atoms with Gasteiger partial charge in [-0.1, -0.05) is 19.9 Å². The summed E-state index contributed by atoms with van der Waals surface area (Å²) >= 11 is 1.49. The van der Waals surface area contributed by atoms with Crippen LogP contribution in [-0.2, 0) is 19.6 Å². The molecule has 0 saturated heterocycles. The Labute approximate surface area is 194 Å². The van der Waals surface area contributed by atoms with Crippen LogP contribution in [-0.4, -0.2) is 49.9 Å². The number of amides is 2. The zero-order chi connectivity index (χ0) is 23.5. The van der Waals surface area contributed by atoms with Crippen LogP contribution < -0.4 is 10.2 Å². The van der Waals surface area contributed by atoms with E-state index in [1.54, 1.807) is 26.0 Å². The second-order valence-electron chi connectivity index (χ2n) is 7.64. The quantitative estimate of drug-likeness (QED) is 0.658. The molecule has 0 radical (unpaired) electrons. The Morgan fingerprint density at radius 1 is 1.09 bits per heavy atom. The van der Waals surface area contributed by atoms with Crippen molar-refractivity contribution in [2.45, 2.75) is 43.9 Å². The lowest BCUT2D eigenvalue weighted by atomic mass is 10.1. The monoisotopic (exact) mass is 475 g/mol. The van der Waals surface area contributed by atoms with E-state index >= 15 is 0 Å². The molecule has 7 nitrogen and oxygen atoms in total. The van der Waals surface area contributed by atoms with Crippen LogP contribution in [0.25, 0.3) is 0 Å². The van der Waals surface area contributed by atoms with E-state index in [-0.39, 0.29) is 29.7 Å². The Morgan fingerprint density at radius 2 is 1.81 bits per heavy atom. The number of hydrogen-bond donors (Lipinski definition) is 1. The topological polar surface area (TPSA) is 86.8 Å². The van der Waals surface area contributed by atoms with Gasteiger partial charge in [0.25, 0.3) is 0 Å². The van der Waals surface area contributed by atoms with Crippen molar-refractivity contribution in [2.75, 3.05) is 35.6 Å². The summed E-state index contributed by atoms with van der Waals surface area (Å²) < 4.78 is 27.4. The van der Waals surface area contributed by atoms with E-state index in [1.807, 2.05) is 32.0 Å². The number of rotatable bonds is 7. The van der Waals surface area contributed by atoms with Crippen LogP contribution in [0.5, 0.6) is 0 Å². The minimum atomic E-state index is -3.69. The van der Waals surface area contributed by atoms with Gasteiger partial charge in [0.05, 0.1) is 10.6 Å². The molecule has 1 N–H and O–H groups in total. The van der Waals surface area contributed by atoms with Gasteiger partial charge in [0.1, 0.15) is 6.54 Å². The highest BCUT2D eigenvalue weighted by Gasteiger charge is 2.28. The molecule has 0 bridgehead atoms. The first-order chi connectivity index (χ1) is 15.2. The number of carbonyl (C=O) groups is 2. The summed E-state index contributed by atoms with van der Waals surface area (Å²) in [4.78, 5) is 27.9. The van der Waals surface area contributed by atoms with Crippen molar-refractivity contribution in [3.63, 3.8) is 0 Å². The third kappa shape index (κ3) is 5.16. The van der Waals surface area contributed by atoms with Crippen molar-refractivity contribution < 1.29 is 18.0 Å². The molecule has 0 aliphatic carbocycles. The first-order valence-electron chi connectivity index (χ1n) is 10.6. The van der Waals surface area contributed by atoms with Crippen LogP contribution in [0, 0.1) is 13.8 Å². The largest absolute Gasteiger partial charge is 0.325 e. The fourth-order valence-corrected chi connectivity index (χ4v) is 6.01. The summed E-state index contributed by atoms with van der Waals surface area (Å²) in [5.41, 5.74) is 3.30. The number of benzene rings is 2. The van der Waals surface area contributed by atoms with Crippen molar-refractivity contribution in [2.24, 2.45) is 0 Å². The SMILES string of the molecule is CCN(CC)S(=O)(=O)c1ccc2c(c1)N(CC(=O)Nc1ccc(C)c(C)c1)C(=O)CCS2. The molecule has 3 rings (SSSR count). The van der Waals surface area contributed by atoms with Gasteiger partial charge in [0.15, 0.2) is 0 Å². The Morgan fingerprint density at radius 3 is 2.47 bits per heavy atom. The molecule has 0 spiro atoms. The number of nitrogens with zero attached hydrogens (tertiary/aromatic N) is 2. The van der Waals surface area contributed by atoms with Crippen molar-refractivity contribution in [3.05, 3.63) is 47.5 Å². The van der Waals surface area contributed by atoms with Gasteiger partial charge >= 0.3 is 0 Å². The number of aryl methyl sites for hydroxylation is 2. The zero-order valence-electron chi connectivity index (χ0n) is 18.8. The van der Waals surface area contributed by atoms with Crippen LogP contribution in [0.3, 0.4) is 0 Å².